The van der Waals surface area contributed by atoms with Crippen molar-refractivity contribution in [2.75, 3.05) is 6.54 Å². The summed E-state index contributed by atoms with van der Waals surface area (Å²) in [6.45, 7) is 0.802. The molecule has 2 N–H and O–H groups in total. The van der Waals surface area contributed by atoms with Gasteiger partial charge in [-0.15, -0.1) is 11.3 Å². The Labute approximate surface area is 114 Å². The number of hydrogen-bond donors (Lipinski definition) is 1. The average Bonchev–Trinajstić information content (AvgIpc) is 2.76. The minimum absolute atomic E-state index is 0.577. The fraction of sp³-hybridized carbons (Fsp3) is 0.750. The average molecular weight is 261 g/mol. The second kappa shape index (κ2) is 4.08. The largest absolute Gasteiger partial charge is 0.330 e. The maximum absolute atomic E-state index is 5.78. The van der Waals surface area contributed by atoms with Gasteiger partial charge in [0.2, 0.25) is 0 Å². The van der Waals surface area contributed by atoms with Crippen LogP contribution < -0.4 is 5.73 Å². The number of hydrogen-bond acceptors (Lipinski definition) is 2. The lowest BCUT2D eigenvalue weighted by molar-refractivity contribution is -0.00380. The van der Waals surface area contributed by atoms with Gasteiger partial charge in [-0.1, -0.05) is 0 Å². The Morgan fingerprint density at radius 2 is 1.72 bits per heavy atom. The predicted octanol–water partition coefficient (Wildman–Crippen LogP) is 3.72. The van der Waals surface area contributed by atoms with Crippen LogP contribution in [0, 0.1) is 17.8 Å². The zero-order valence-electron chi connectivity index (χ0n) is 11.0. The zero-order valence-corrected chi connectivity index (χ0v) is 11.8. The Kier molecular flexibility index (Phi) is 2.60. The van der Waals surface area contributed by atoms with E-state index in [9.17, 15) is 0 Å². The number of rotatable bonds is 3. The maximum atomic E-state index is 5.78. The van der Waals surface area contributed by atoms with Gasteiger partial charge in [0.25, 0.3) is 0 Å². The molecule has 0 spiro atoms. The van der Waals surface area contributed by atoms with E-state index in [4.69, 9.17) is 5.73 Å². The topological polar surface area (TPSA) is 26.0 Å². The van der Waals surface area contributed by atoms with Gasteiger partial charge in [0.1, 0.15) is 0 Å². The normalized spacial score (nSPS) is 41.5. The third kappa shape index (κ3) is 1.61. The minimum atomic E-state index is 0.577. The summed E-state index contributed by atoms with van der Waals surface area (Å²) in [6, 6.07) is 2.34. The molecule has 0 unspecified atom stereocenters. The van der Waals surface area contributed by atoms with Gasteiger partial charge in [0, 0.05) is 10.3 Å². The molecule has 4 aliphatic rings. The van der Waals surface area contributed by atoms with Crippen LogP contribution in [0.25, 0.3) is 0 Å². The standard InChI is InChI=1S/C16H23NS/c17-3-1-14-2-4-18-15(14)16-8-11-5-12(9-16)7-13(6-11)10-16/h2,4,11-13H,1,3,5-10,17H2. The fourth-order valence-corrected chi connectivity index (χ4v) is 6.73. The highest BCUT2D eigenvalue weighted by molar-refractivity contribution is 7.10. The minimum Gasteiger partial charge on any atom is -0.330 e. The van der Waals surface area contributed by atoms with Crippen molar-refractivity contribution in [3.05, 3.63) is 21.9 Å². The van der Waals surface area contributed by atoms with Gasteiger partial charge < -0.3 is 5.73 Å². The Morgan fingerprint density at radius 1 is 1.11 bits per heavy atom. The van der Waals surface area contributed by atoms with E-state index in [1.807, 2.05) is 11.3 Å². The Hall–Kier alpha value is -0.340. The molecule has 0 saturated heterocycles. The second-order valence-corrected chi connectivity index (χ2v) is 7.93. The van der Waals surface area contributed by atoms with E-state index in [2.05, 4.69) is 11.4 Å². The van der Waals surface area contributed by atoms with Gasteiger partial charge in [0.05, 0.1) is 0 Å². The summed E-state index contributed by atoms with van der Waals surface area (Å²) >= 11 is 2.02. The number of nitrogens with two attached hydrogens (primary N) is 1. The van der Waals surface area contributed by atoms with Crippen LogP contribution in [-0.2, 0) is 11.8 Å². The van der Waals surface area contributed by atoms with Crippen LogP contribution in [0.15, 0.2) is 11.4 Å². The van der Waals surface area contributed by atoms with Gasteiger partial charge in [0.15, 0.2) is 0 Å². The van der Waals surface area contributed by atoms with E-state index < -0.39 is 0 Å². The van der Waals surface area contributed by atoms with Crippen LogP contribution in [0.3, 0.4) is 0 Å². The molecule has 0 atom stereocenters. The van der Waals surface area contributed by atoms with Crippen molar-refractivity contribution in [3.63, 3.8) is 0 Å². The summed E-state index contributed by atoms with van der Waals surface area (Å²) in [5.41, 5.74) is 7.94. The molecule has 18 heavy (non-hydrogen) atoms. The summed E-state index contributed by atoms with van der Waals surface area (Å²) in [6.07, 6.45) is 10.1. The van der Waals surface area contributed by atoms with Gasteiger partial charge in [-0.05, 0) is 86.3 Å². The van der Waals surface area contributed by atoms with Crippen molar-refractivity contribution >= 4 is 11.3 Å². The zero-order chi connectivity index (χ0) is 12.2. The van der Waals surface area contributed by atoms with Crippen LogP contribution in [0.5, 0.6) is 0 Å². The first-order valence-corrected chi connectivity index (χ1v) is 8.44. The summed E-state index contributed by atoms with van der Waals surface area (Å²) in [4.78, 5) is 1.73. The molecule has 1 nitrogen and oxygen atoms in total. The molecule has 4 saturated carbocycles. The molecular formula is C16H23NS. The van der Waals surface area contributed by atoms with Crippen LogP contribution >= 0.6 is 11.3 Å². The van der Waals surface area contributed by atoms with Gasteiger partial charge in [-0.3, -0.25) is 0 Å². The van der Waals surface area contributed by atoms with Crippen molar-refractivity contribution in [1.82, 2.24) is 0 Å². The van der Waals surface area contributed by atoms with Crippen LogP contribution in [0.4, 0.5) is 0 Å². The molecule has 2 heteroatoms. The van der Waals surface area contributed by atoms with E-state index in [1.165, 1.54) is 38.5 Å². The highest BCUT2D eigenvalue weighted by Gasteiger charge is 2.52. The number of thiophene rings is 1. The van der Waals surface area contributed by atoms with Crippen molar-refractivity contribution in [1.29, 1.82) is 0 Å². The second-order valence-electron chi connectivity index (χ2n) is 7.01. The molecule has 4 aliphatic carbocycles. The summed E-state index contributed by atoms with van der Waals surface area (Å²) in [5, 5.41) is 2.30. The molecule has 4 bridgehead atoms. The molecule has 0 amide bonds. The molecule has 1 aromatic rings. The summed E-state index contributed by atoms with van der Waals surface area (Å²) < 4.78 is 0. The third-order valence-electron chi connectivity index (χ3n) is 5.68. The Balaban J connectivity index is 1.72. The van der Waals surface area contributed by atoms with Gasteiger partial charge in [-0.2, -0.15) is 0 Å². The smallest absolute Gasteiger partial charge is 0.0140 e. The van der Waals surface area contributed by atoms with E-state index in [0.29, 0.717) is 5.41 Å². The highest BCUT2D eigenvalue weighted by Crippen LogP contribution is 2.61. The molecular weight excluding hydrogens is 238 g/mol. The molecule has 1 aromatic heterocycles. The van der Waals surface area contributed by atoms with Crippen molar-refractivity contribution < 1.29 is 0 Å². The van der Waals surface area contributed by atoms with Crippen LogP contribution in [0.1, 0.15) is 49.0 Å². The molecule has 0 aromatic carbocycles. The first-order chi connectivity index (χ1) is 8.79. The molecule has 1 heterocycles. The predicted molar refractivity (Wildman–Crippen MR) is 76.9 cm³/mol. The Bertz CT molecular complexity index is 412. The first-order valence-electron chi connectivity index (χ1n) is 7.56. The lowest BCUT2D eigenvalue weighted by Gasteiger charge is -2.57. The van der Waals surface area contributed by atoms with Gasteiger partial charge >= 0.3 is 0 Å². The maximum Gasteiger partial charge on any atom is 0.0140 e. The lowest BCUT2D eigenvalue weighted by Crippen LogP contribution is -2.48. The fourth-order valence-electron chi connectivity index (χ4n) is 5.54. The van der Waals surface area contributed by atoms with Crippen molar-refractivity contribution in [3.8, 4) is 0 Å². The summed E-state index contributed by atoms with van der Waals surface area (Å²) in [5.74, 6) is 3.14. The molecule has 98 valence electrons. The van der Waals surface area contributed by atoms with E-state index >= 15 is 0 Å². The van der Waals surface area contributed by atoms with Gasteiger partial charge in [-0.25, -0.2) is 0 Å². The van der Waals surface area contributed by atoms with Crippen LogP contribution in [-0.4, -0.2) is 6.54 Å². The lowest BCUT2D eigenvalue weighted by atomic mass is 9.49. The SMILES string of the molecule is NCCc1ccsc1C12CC3CC(CC(C3)C1)C2. The van der Waals surface area contributed by atoms with Crippen molar-refractivity contribution in [2.24, 2.45) is 23.5 Å². The first kappa shape index (κ1) is 11.5. The Morgan fingerprint density at radius 3 is 2.28 bits per heavy atom. The third-order valence-corrected chi connectivity index (χ3v) is 6.88. The molecule has 5 rings (SSSR count). The quantitative estimate of drug-likeness (QED) is 0.882. The van der Waals surface area contributed by atoms with E-state index in [0.717, 1.165) is 30.7 Å². The van der Waals surface area contributed by atoms with E-state index in [-0.39, 0.29) is 0 Å². The van der Waals surface area contributed by atoms with E-state index in [1.54, 1.807) is 10.4 Å². The molecule has 0 aliphatic heterocycles. The molecule has 0 radical (unpaired) electrons. The monoisotopic (exact) mass is 261 g/mol. The molecule has 4 fully saturated rings. The summed E-state index contributed by atoms with van der Waals surface area (Å²) in [7, 11) is 0. The van der Waals surface area contributed by atoms with Crippen molar-refractivity contribution in [2.45, 2.75) is 50.4 Å². The highest BCUT2D eigenvalue weighted by atomic mass is 32.1. The van der Waals surface area contributed by atoms with Crippen LogP contribution in [0.2, 0.25) is 0 Å².